The average Bonchev–Trinajstić information content (AvgIpc) is 2.15. The van der Waals surface area contributed by atoms with Gasteiger partial charge in [-0.05, 0) is 0 Å². The average molecular weight is 168 g/mol. The summed E-state index contributed by atoms with van der Waals surface area (Å²) in [5, 5.41) is 28.1. The van der Waals surface area contributed by atoms with Gasteiger partial charge in [-0.25, -0.2) is 0 Å². The quantitative estimate of drug-likeness (QED) is 0.314. The van der Waals surface area contributed by atoms with Gasteiger partial charge < -0.3 is 15.1 Å². The Kier molecular flexibility index (Phi) is 7.01. The Morgan fingerprint density at radius 1 is 1.50 bits per heavy atom. The number of aromatic nitrogens is 2. The molecule has 0 amide bonds. The molecule has 10 heavy (non-hydrogen) atoms. The number of hydrogen-bond acceptors (Lipinski definition) is 4. The third kappa shape index (κ3) is 8.79. The summed E-state index contributed by atoms with van der Waals surface area (Å²) in [6.07, 6.45) is 1.85. The standard InChI is InChI=1S/C3H3N2.BH3O3.K/c1-2-4-5-3-1;2-1(3)4;/h1-2H,(H,4,5);2-4H;. The van der Waals surface area contributed by atoms with E-state index in [-0.39, 0.29) is 0 Å². The normalized spacial score (nSPS) is 8.10. The molecule has 1 heterocycles. The molecule has 0 saturated carbocycles. The van der Waals surface area contributed by atoms with E-state index in [0.717, 1.165) is 49.0 Å². The van der Waals surface area contributed by atoms with E-state index in [1.54, 1.807) is 0 Å². The molecule has 0 aromatic carbocycles. The van der Waals surface area contributed by atoms with E-state index in [0.29, 0.717) is 0 Å². The number of H-pyrrole nitrogens is 1. The van der Waals surface area contributed by atoms with Gasteiger partial charge in [-0.1, -0.05) is 0 Å². The Bertz CT molecular complexity index is 154. The first-order valence-corrected chi connectivity index (χ1v) is 4.19. The second-order valence-electron chi connectivity index (χ2n) is 1.56. The van der Waals surface area contributed by atoms with E-state index in [9.17, 15) is 0 Å². The van der Waals surface area contributed by atoms with Gasteiger partial charge in [0.25, 0.3) is 0 Å². The molecule has 0 unspecified atom stereocenters. The Labute approximate surface area is 92.2 Å². The molecule has 4 N–H and O–H groups in total. The second kappa shape index (κ2) is 6.50. The first kappa shape index (κ1) is 10.8. The zero-order valence-corrected chi connectivity index (χ0v) is 8.64. The molecule has 7 heteroatoms. The second-order valence-corrected chi connectivity index (χ2v) is 3.16. The van der Waals surface area contributed by atoms with Crippen LogP contribution in [0, 0.1) is 0 Å². The summed E-state index contributed by atoms with van der Waals surface area (Å²) in [6, 6.07) is 2.00. The first-order chi connectivity index (χ1) is 4.63. The van der Waals surface area contributed by atoms with E-state index in [1.807, 2.05) is 12.3 Å². The number of nitrogens with one attached hydrogen (secondary N) is 1. The Morgan fingerprint density at radius 3 is 2.10 bits per heavy atom. The molecule has 0 aliphatic carbocycles. The minimum atomic E-state index is -2.17. The van der Waals surface area contributed by atoms with Crippen molar-refractivity contribution in [3.63, 3.8) is 0 Å². The summed E-state index contributed by atoms with van der Waals surface area (Å²) in [5.41, 5.74) is 0. The summed E-state index contributed by atoms with van der Waals surface area (Å²) in [7, 11) is -2.17. The fourth-order valence-electron chi connectivity index (χ4n) is 0.334. The zero-order chi connectivity index (χ0) is 7.98. The zero-order valence-electron chi connectivity index (χ0n) is 5.52. The van der Waals surface area contributed by atoms with Crippen LogP contribution >= 0.6 is 0 Å². The van der Waals surface area contributed by atoms with Crippen LogP contribution in [0.4, 0.5) is 0 Å². The van der Waals surface area contributed by atoms with Crippen molar-refractivity contribution < 1.29 is 15.1 Å². The van der Waals surface area contributed by atoms with Crippen LogP contribution in [-0.4, -0.2) is 81.5 Å². The summed E-state index contributed by atoms with van der Waals surface area (Å²) in [6.45, 7) is 0. The molecule has 0 aliphatic heterocycles. The van der Waals surface area contributed by atoms with Gasteiger partial charge in [0.2, 0.25) is 0 Å². The molecule has 5 nitrogen and oxygen atoms in total. The van der Waals surface area contributed by atoms with Crippen LogP contribution in [0.25, 0.3) is 0 Å². The van der Waals surface area contributed by atoms with Gasteiger partial charge in [-0.15, -0.1) is 0 Å². The van der Waals surface area contributed by atoms with Crippen molar-refractivity contribution in [2.24, 2.45) is 0 Å². The molecule has 1 rings (SSSR count). The number of aromatic amines is 1. The van der Waals surface area contributed by atoms with Crippen molar-refractivity contribution in [1.29, 1.82) is 0 Å². The molecule has 0 saturated heterocycles. The monoisotopic (exact) mass is 168 g/mol. The van der Waals surface area contributed by atoms with Crippen molar-refractivity contribution in [2.75, 3.05) is 0 Å². The Balaban J connectivity index is 0.000000180. The molecule has 0 atom stereocenters. The Morgan fingerprint density at radius 2 is 2.00 bits per heavy atom. The van der Waals surface area contributed by atoms with Gasteiger partial charge in [0.1, 0.15) is 0 Å². The van der Waals surface area contributed by atoms with E-state index in [1.165, 1.54) is -0.212 Å². The number of hydrogen-bond donors (Lipinski definition) is 4. The van der Waals surface area contributed by atoms with Crippen LogP contribution in [0.15, 0.2) is 12.3 Å². The van der Waals surface area contributed by atoms with Crippen molar-refractivity contribution in [1.82, 2.24) is 10.2 Å². The maximum atomic E-state index is 7.17. The predicted octanol–water partition coefficient (Wildman–Crippen LogP) is -2.85. The van der Waals surface area contributed by atoms with E-state index < -0.39 is 7.32 Å². The summed E-state index contributed by atoms with van der Waals surface area (Å²) in [5.74, 6) is 0. The summed E-state index contributed by atoms with van der Waals surface area (Å²) in [4.78, 5) is 0. The van der Waals surface area contributed by atoms with Crippen LogP contribution in [0.2, 0.25) is 0 Å². The molecule has 0 spiro atoms. The molecular weight excluding hydrogens is 162 g/mol. The third-order valence-corrected chi connectivity index (χ3v) is 1.51. The van der Waals surface area contributed by atoms with Gasteiger partial charge in [0, 0.05) is 0 Å². The van der Waals surface area contributed by atoms with Crippen LogP contribution in [-0.2, 0) is 0 Å². The van der Waals surface area contributed by atoms with Crippen LogP contribution < -0.4 is -0.212 Å². The fraction of sp³-hybridized carbons (Fsp3) is 0. The minimum absolute atomic E-state index is 0.743. The van der Waals surface area contributed by atoms with Gasteiger partial charge in [-0.2, -0.15) is 0 Å². The van der Waals surface area contributed by atoms with Crippen molar-refractivity contribution in [2.45, 2.75) is 0 Å². The summed E-state index contributed by atoms with van der Waals surface area (Å²) >= 11 is 0.743. The molecule has 0 aliphatic rings. The molecule has 50 valence electrons. The van der Waals surface area contributed by atoms with Crippen LogP contribution in [0.3, 0.4) is 0 Å². The molecule has 0 radical (unpaired) electrons. The van der Waals surface area contributed by atoms with Gasteiger partial charge in [0.05, 0.1) is 0 Å². The predicted molar refractivity (Wildman–Crippen MR) is 36.4 cm³/mol. The van der Waals surface area contributed by atoms with E-state index in [2.05, 4.69) is 10.2 Å². The third-order valence-electron chi connectivity index (χ3n) is 0.640. The van der Waals surface area contributed by atoms with Crippen LogP contribution in [0.5, 0.6) is 0 Å². The molecule has 1 aromatic rings. The number of rotatable bonds is 0. The first-order valence-electron chi connectivity index (χ1n) is 2.63. The molecule has 0 fully saturated rings. The molecule has 1 aromatic heterocycles. The molecule has 0 bridgehead atoms. The SMILES string of the molecule is OB(O)O.[K][c]1cc[nH]n1. The fourth-order valence-corrected chi connectivity index (χ4v) is 0.796. The maximum absolute atomic E-state index is 7.17. The van der Waals surface area contributed by atoms with E-state index in [4.69, 9.17) is 15.1 Å². The van der Waals surface area contributed by atoms with E-state index >= 15 is 0 Å². The topological polar surface area (TPSA) is 89.4 Å². The summed E-state index contributed by atoms with van der Waals surface area (Å²) < 4.78 is 1.22. The van der Waals surface area contributed by atoms with Crippen LogP contribution in [0.1, 0.15) is 0 Å². The van der Waals surface area contributed by atoms with Gasteiger partial charge in [-0.3, -0.25) is 0 Å². The van der Waals surface area contributed by atoms with Gasteiger partial charge >= 0.3 is 78.5 Å². The van der Waals surface area contributed by atoms with Crippen molar-refractivity contribution >= 4 is 56.1 Å². The number of nitrogens with zero attached hydrogens (tertiary/aromatic N) is 1. The van der Waals surface area contributed by atoms with Crippen molar-refractivity contribution in [3.05, 3.63) is 12.3 Å². The molecular formula is C3H6BKN2O3. The Hall–Kier alpha value is 0.791. The van der Waals surface area contributed by atoms with Gasteiger partial charge in [0.15, 0.2) is 0 Å². The van der Waals surface area contributed by atoms with Crippen molar-refractivity contribution in [3.8, 4) is 0 Å².